The SMILES string of the molecule is CC1CCC(C)C1C(=O)O. The van der Waals surface area contributed by atoms with Crippen molar-refractivity contribution in [3.63, 3.8) is 0 Å². The van der Waals surface area contributed by atoms with E-state index in [-0.39, 0.29) is 5.92 Å². The van der Waals surface area contributed by atoms with Crippen LogP contribution in [-0.4, -0.2) is 11.1 Å². The van der Waals surface area contributed by atoms with Gasteiger partial charge in [0.2, 0.25) is 0 Å². The topological polar surface area (TPSA) is 37.3 Å². The molecule has 2 unspecified atom stereocenters. The van der Waals surface area contributed by atoms with E-state index in [1.165, 1.54) is 0 Å². The van der Waals surface area contributed by atoms with Crippen molar-refractivity contribution in [3.8, 4) is 0 Å². The Bertz CT molecular complexity index is 132. The maximum Gasteiger partial charge on any atom is 0.307 e. The molecule has 1 saturated carbocycles. The summed E-state index contributed by atoms with van der Waals surface area (Å²) >= 11 is 0. The average Bonchev–Trinajstić information content (AvgIpc) is 2.11. The summed E-state index contributed by atoms with van der Waals surface area (Å²) in [5.74, 6) is 0.0671. The van der Waals surface area contributed by atoms with Crippen LogP contribution in [0, 0.1) is 17.8 Å². The van der Waals surface area contributed by atoms with Gasteiger partial charge < -0.3 is 5.11 Å². The van der Waals surface area contributed by atoms with Crippen molar-refractivity contribution in [1.82, 2.24) is 0 Å². The monoisotopic (exact) mass is 142 g/mol. The zero-order valence-electron chi connectivity index (χ0n) is 6.50. The van der Waals surface area contributed by atoms with Crippen molar-refractivity contribution in [3.05, 3.63) is 0 Å². The molecule has 2 atom stereocenters. The highest BCUT2D eigenvalue weighted by molar-refractivity contribution is 5.71. The van der Waals surface area contributed by atoms with Crippen LogP contribution in [0.4, 0.5) is 0 Å². The Balaban J connectivity index is 2.63. The van der Waals surface area contributed by atoms with Gasteiger partial charge in [0.05, 0.1) is 5.92 Å². The normalized spacial score (nSPS) is 40.0. The van der Waals surface area contributed by atoms with E-state index >= 15 is 0 Å². The third kappa shape index (κ3) is 1.15. The van der Waals surface area contributed by atoms with E-state index in [1.54, 1.807) is 0 Å². The van der Waals surface area contributed by atoms with Crippen molar-refractivity contribution in [2.24, 2.45) is 17.8 Å². The largest absolute Gasteiger partial charge is 0.481 e. The molecule has 0 aromatic carbocycles. The highest BCUT2D eigenvalue weighted by Crippen LogP contribution is 2.36. The molecule has 2 nitrogen and oxygen atoms in total. The van der Waals surface area contributed by atoms with Crippen LogP contribution in [0.3, 0.4) is 0 Å². The van der Waals surface area contributed by atoms with Gasteiger partial charge >= 0.3 is 5.97 Å². The molecule has 10 heavy (non-hydrogen) atoms. The number of carbonyl (C=O) groups is 1. The molecular weight excluding hydrogens is 128 g/mol. The van der Waals surface area contributed by atoms with Gasteiger partial charge in [-0.05, 0) is 24.7 Å². The van der Waals surface area contributed by atoms with Gasteiger partial charge in [-0.25, -0.2) is 0 Å². The lowest BCUT2D eigenvalue weighted by Crippen LogP contribution is -2.21. The van der Waals surface area contributed by atoms with Gasteiger partial charge in [-0.15, -0.1) is 0 Å². The minimum Gasteiger partial charge on any atom is -0.481 e. The standard InChI is InChI=1S/C8H14O2/c1-5-3-4-6(2)7(5)8(9)10/h5-7H,3-4H2,1-2H3,(H,9,10). The summed E-state index contributed by atoms with van der Waals surface area (Å²) in [6.07, 6.45) is 2.16. The van der Waals surface area contributed by atoms with E-state index in [0.29, 0.717) is 11.8 Å². The molecule has 0 saturated heterocycles. The number of carboxylic acid groups (broad SMARTS) is 1. The minimum atomic E-state index is -0.613. The highest BCUT2D eigenvalue weighted by atomic mass is 16.4. The molecule has 1 N–H and O–H groups in total. The first-order valence-corrected chi connectivity index (χ1v) is 3.85. The molecule has 1 rings (SSSR count). The fraction of sp³-hybridized carbons (Fsp3) is 0.875. The van der Waals surface area contributed by atoms with Gasteiger partial charge in [0.25, 0.3) is 0 Å². The minimum absolute atomic E-state index is 0.0833. The number of aliphatic carboxylic acids is 1. The molecule has 0 aliphatic heterocycles. The molecule has 0 bridgehead atoms. The molecule has 0 amide bonds. The van der Waals surface area contributed by atoms with Crippen LogP contribution in [0.1, 0.15) is 26.7 Å². The third-order valence-electron chi connectivity index (χ3n) is 2.59. The molecule has 58 valence electrons. The van der Waals surface area contributed by atoms with Gasteiger partial charge in [-0.3, -0.25) is 4.79 Å². The molecule has 0 aromatic heterocycles. The van der Waals surface area contributed by atoms with E-state index in [0.717, 1.165) is 12.8 Å². The van der Waals surface area contributed by atoms with E-state index in [1.807, 2.05) is 13.8 Å². The zero-order chi connectivity index (χ0) is 7.72. The fourth-order valence-corrected chi connectivity index (χ4v) is 1.93. The van der Waals surface area contributed by atoms with E-state index in [4.69, 9.17) is 5.11 Å². The van der Waals surface area contributed by atoms with Crippen LogP contribution in [0.15, 0.2) is 0 Å². The van der Waals surface area contributed by atoms with Gasteiger partial charge in [0.15, 0.2) is 0 Å². The number of hydrogen-bond acceptors (Lipinski definition) is 1. The van der Waals surface area contributed by atoms with Crippen LogP contribution in [0.2, 0.25) is 0 Å². The second-order valence-corrected chi connectivity index (χ2v) is 3.40. The molecule has 1 aliphatic rings. The summed E-state index contributed by atoms with van der Waals surface area (Å²) in [7, 11) is 0. The van der Waals surface area contributed by atoms with Crippen molar-refractivity contribution in [2.75, 3.05) is 0 Å². The number of rotatable bonds is 1. The van der Waals surface area contributed by atoms with Crippen LogP contribution >= 0.6 is 0 Å². The Morgan fingerprint density at radius 3 is 1.90 bits per heavy atom. The van der Waals surface area contributed by atoms with Gasteiger partial charge in [0.1, 0.15) is 0 Å². The Kier molecular flexibility index (Phi) is 1.97. The summed E-state index contributed by atoms with van der Waals surface area (Å²) in [5.41, 5.74) is 0. The molecule has 1 fully saturated rings. The molecular formula is C8H14O2. The predicted molar refractivity (Wildman–Crippen MR) is 38.7 cm³/mol. The first-order valence-electron chi connectivity index (χ1n) is 3.85. The second kappa shape index (κ2) is 2.60. The Morgan fingerprint density at radius 1 is 1.30 bits per heavy atom. The van der Waals surface area contributed by atoms with Crippen LogP contribution in [-0.2, 0) is 4.79 Å². The quantitative estimate of drug-likeness (QED) is 0.605. The van der Waals surface area contributed by atoms with Crippen LogP contribution in [0.25, 0.3) is 0 Å². The lowest BCUT2D eigenvalue weighted by Gasteiger charge is -2.13. The maximum absolute atomic E-state index is 10.6. The zero-order valence-corrected chi connectivity index (χ0v) is 6.50. The summed E-state index contributed by atoms with van der Waals surface area (Å²) in [5, 5.41) is 8.75. The predicted octanol–water partition coefficient (Wildman–Crippen LogP) is 1.75. The Hall–Kier alpha value is -0.530. The summed E-state index contributed by atoms with van der Waals surface area (Å²) in [6.45, 7) is 4.06. The second-order valence-electron chi connectivity index (χ2n) is 3.40. The highest BCUT2D eigenvalue weighted by Gasteiger charge is 2.35. The first-order chi connectivity index (χ1) is 4.63. The lowest BCUT2D eigenvalue weighted by molar-refractivity contribution is -0.144. The van der Waals surface area contributed by atoms with E-state index in [9.17, 15) is 4.79 Å². The molecule has 0 radical (unpaired) electrons. The lowest BCUT2D eigenvalue weighted by atomic mass is 9.92. The summed E-state index contributed by atoms with van der Waals surface area (Å²) in [4.78, 5) is 10.6. The van der Waals surface area contributed by atoms with Gasteiger partial charge in [-0.1, -0.05) is 13.8 Å². The molecule has 1 aliphatic carbocycles. The molecule has 0 heterocycles. The van der Waals surface area contributed by atoms with Crippen molar-refractivity contribution >= 4 is 5.97 Å². The van der Waals surface area contributed by atoms with Gasteiger partial charge in [-0.2, -0.15) is 0 Å². The van der Waals surface area contributed by atoms with Crippen LogP contribution in [0.5, 0.6) is 0 Å². The summed E-state index contributed by atoms with van der Waals surface area (Å²) in [6, 6.07) is 0. The van der Waals surface area contributed by atoms with Crippen molar-refractivity contribution in [2.45, 2.75) is 26.7 Å². The fourth-order valence-electron chi connectivity index (χ4n) is 1.93. The molecule has 0 aromatic rings. The van der Waals surface area contributed by atoms with Crippen molar-refractivity contribution < 1.29 is 9.90 Å². The number of hydrogen-bond donors (Lipinski definition) is 1. The maximum atomic E-state index is 10.6. The smallest absolute Gasteiger partial charge is 0.307 e. The average molecular weight is 142 g/mol. The molecule has 0 spiro atoms. The van der Waals surface area contributed by atoms with E-state index in [2.05, 4.69) is 0 Å². The number of carboxylic acids is 1. The molecule has 2 heteroatoms. The third-order valence-corrected chi connectivity index (χ3v) is 2.59. The Labute approximate surface area is 61.2 Å². The van der Waals surface area contributed by atoms with Crippen molar-refractivity contribution in [1.29, 1.82) is 0 Å². The van der Waals surface area contributed by atoms with Crippen LogP contribution < -0.4 is 0 Å². The van der Waals surface area contributed by atoms with E-state index < -0.39 is 5.97 Å². The Morgan fingerprint density at radius 2 is 1.70 bits per heavy atom. The summed E-state index contributed by atoms with van der Waals surface area (Å²) < 4.78 is 0. The van der Waals surface area contributed by atoms with Gasteiger partial charge in [0, 0.05) is 0 Å². The first kappa shape index (κ1) is 7.58.